The summed E-state index contributed by atoms with van der Waals surface area (Å²) < 4.78 is 58.6. The predicted octanol–water partition coefficient (Wildman–Crippen LogP) is 0.468. The van der Waals surface area contributed by atoms with Crippen molar-refractivity contribution in [2.24, 2.45) is 0 Å². The van der Waals surface area contributed by atoms with E-state index in [2.05, 4.69) is 0 Å². The lowest BCUT2D eigenvalue weighted by Crippen LogP contribution is -2.50. The van der Waals surface area contributed by atoms with Gasteiger partial charge in [0.25, 0.3) is 0 Å². The molecule has 7 nitrogen and oxygen atoms in total. The largest absolute Gasteiger partial charge is 0.480 e. The molecule has 1 atom stereocenters. The monoisotopic (exact) mass is 334 g/mol. The molecule has 0 saturated heterocycles. The van der Waals surface area contributed by atoms with E-state index in [0.717, 1.165) is 6.26 Å². The molecule has 1 unspecified atom stereocenters. The van der Waals surface area contributed by atoms with Crippen molar-refractivity contribution in [2.75, 3.05) is 25.1 Å². The molecule has 0 aromatic heterocycles. The molecular formula is C10H17F3N2O5S. The number of hydrogen-bond acceptors (Lipinski definition) is 4. The standard InChI is InChI=1S/C10H17F3N2O5S/c1-3-15(6-10(11,12)13)9(18)14-7(8(16)17)4-5-21(2,19)20/h7H,3-6H2,1-2H3,(H,14,18)(H,16,17). The van der Waals surface area contributed by atoms with Gasteiger partial charge in [0.15, 0.2) is 0 Å². The van der Waals surface area contributed by atoms with Crippen molar-refractivity contribution in [3.8, 4) is 0 Å². The number of aliphatic carboxylic acids is 1. The van der Waals surface area contributed by atoms with E-state index in [1.807, 2.05) is 5.32 Å². The smallest absolute Gasteiger partial charge is 0.406 e. The van der Waals surface area contributed by atoms with Crippen molar-refractivity contribution in [1.82, 2.24) is 10.2 Å². The molecule has 0 rings (SSSR count). The van der Waals surface area contributed by atoms with Crippen LogP contribution in [0.4, 0.5) is 18.0 Å². The number of carboxylic acids is 1. The van der Waals surface area contributed by atoms with E-state index in [0.29, 0.717) is 4.90 Å². The first-order valence-corrected chi connectivity index (χ1v) is 7.94. The van der Waals surface area contributed by atoms with E-state index in [9.17, 15) is 31.2 Å². The highest BCUT2D eigenvalue weighted by molar-refractivity contribution is 7.90. The van der Waals surface area contributed by atoms with Gasteiger partial charge in [0.1, 0.15) is 22.4 Å². The number of amides is 2. The van der Waals surface area contributed by atoms with Gasteiger partial charge in [0, 0.05) is 12.8 Å². The lowest BCUT2D eigenvalue weighted by Gasteiger charge is -2.24. The van der Waals surface area contributed by atoms with E-state index in [-0.39, 0.29) is 6.54 Å². The molecule has 0 fully saturated rings. The molecule has 0 saturated carbocycles. The van der Waals surface area contributed by atoms with Crippen LogP contribution in [-0.2, 0) is 14.6 Å². The zero-order chi connectivity index (χ0) is 16.8. The summed E-state index contributed by atoms with van der Waals surface area (Å²) in [7, 11) is -3.45. The van der Waals surface area contributed by atoms with Crippen molar-refractivity contribution in [1.29, 1.82) is 0 Å². The molecular weight excluding hydrogens is 317 g/mol. The molecule has 11 heteroatoms. The minimum absolute atomic E-state index is 0.274. The topological polar surface area (TPSA) is 104 Å². The number of carbonyl (C=O) groups excluding carboxylic acids is 1. The molecule has 0 spiro atoms. The van der Waals surface area contributed by atoms with Crippen LogP contribution in [0.15, 0.2) is 0 Å². The van der Waals surface area contributed by atoms with Crippen LogP contribution in [0.1, 0.15) is 13.3 Å². The first kappa shape index (κ1) is 19.5. The third kappa shape index (κ3) is 9.10. The normalized spacial score (nSPS) is 13.6. The second-order valence-electron chi connectivity index (χ2n) is 4.39. The third-order valence-electron chi connectivity index (χ3n) is 2.41. The molecule has 2 N–H and O–H groups in total. The summed E-state index contributed by atoms with van der Waals surface area (Å²) in [6.07, 6.45) is -4.15. The molecule has 2 amide bonds. The second kappa shape index (κ2) is 7.48. The quantitative estimate of drug-likeness (QED) is 0.704. The van der Waals surface area contributed by atoms with Crippen LogP contribution in [0.25, 0.3) is 0 Å². The van der Waals surface area contributed by atoms with E-state index < -0.39 is 52.8 Å². The van der Waals surface area contributed by atoms with Gasteiger partial charge < -0.3 is 15.3 Å². The average molecular weight is 334 g/mol. The number of hydrogen-bond donors (Lipinski definition) is 2. The number of halogens is 3. The fourth-order valence-electron chi connectivity index (χ4n) is 1.37. The highest BCUT2D eigenvalue weighted by Crippen LogP contribution is 2.16. The van der Waals surface area contributed by atoms with E-state index in [4.69, 9.17) is 5.11 Å². The van der Waals surface area contributed by atoms with Gasteiger partial charge in [-0.1, -0.05) is 0 Å². The van der Waals surface area contributed by atoms with E-state index in [1.165, 1.54) is 6.92 Å². The van der Waals surface area contributed by atoms with Crippen LogP contribution in [0.3, 0.4) is 0 Å². The summed E-state index contributed by atoms with van der Waals surface area (Å²) >= 11 is 0. The van der Waals surface area contributed by atoms with Crippen molar-refractivity contribution in [3.63, 3.8) is 0 Å². The molecule has 124 valence electrons. The molecule has 0 heterocycles. The fraction of sp³-hybridized carbons (Fsp3) is 0.800. The minimum atomic E-state index is -4.61. The summed E-state index contributed by atoms with van der Waals surface area (Å²) in [5.41, 5.74) is 0. The van der Waals surface area contributed by atoms with Crippen LogP contribution < -0.4 is 5.32 Å². The number of nitrogens with zero attached hydrogens (tertiary/aromatic N) is 1. The Morgan fingerprint density at radius 3 is 2.19 bits per heavy atom. The molecule has 0 aromatic rings. The van der Waals surface area contributed by atoms with E-state index in [1.54, 1.807) is 0 Å². The number of alkyl halides is 3. The van der Waals surface area contributed by atoms with Gasteiger partial charge in [0.2, 0.25) is 0 Å². The Kier molecular flexibility index (Phi) is 6.94. The summed E-state index contributed by atoms with van der Waals surface area (Å²) in [5, 5.41) is 10.7. The minimum Gasteiger partial charge on any atom is -0.480 e. The Labute approximate surface area is 120 Å². The summed E-state index contributed by atoms with van der Waals surface area (Å²) in [4.78, 5) is 22.9. The Bertz CT molecular complexity index is 478. The Morgan fingerprint density at radius 1 is 1.33 bits per heavy atom. The van der Waals surface area contributed by atoms with Crippen molar-refractivity contribution in [2.45, 2.75) is 25.6 Å². The van der Waals surface area contributed by atoms with Gasteiger partial charge in [-0.3, -0.25) is 0 Å². The molecule has 0 bridgehead atoms. The maximum absolute atomic E-state index is 12.2. The lowest BCUT2D eigenvalue weighted by molar-refractivity contribution is -0.140. The molecule has 0 aliphatic rings. The molecule has 0 aliphatic heterocycles. The number of rotatable bonds is 7. The van der Waals surface area contributed by atoms with Gasteiger partial charge in [-0.05, 0) is 13.3 Å². The van der Waals surface area contributed by atoms with Gasteiger partial charge >= 0.3 is 18.2 Å². The number of carbonyl (C=O) groups is 2. The first-order chi connectivity index (χ1) is 9.35. The number of urea groups is 1. The van der Waals surface area contributed by atoms with E-state index >= 15 is 0 Å². The van der Waals surface area contributed by atoms with Crippen LogP contribution in [0.2, 0.25) is 0 Å². The zero-order valence-corrected chi connectivity index (χ0v) is 12.3. The zero-order valence-electron chi connectivity index (χ0n) is 11.5. The molecule has 0 aromatic carbocycles. The Morgan fingerprint density at radius 2 is 1.86 bits per heavy atom. The third-order valence-corrected chi connectivity index (χ3v) is 3.39. The number of carboxylic acid groups (broad SMARTS) is 1. The van der Waals surface area contributed by atoms with Crippen molar-refractivity contribution in [3.05, 3.63) is 0 Å². The van der Waals surface area contributed by atoms with Crippen molar-refractivity contribution < 1.29 is 36.3 Å². The Hall–Kier alpha value is -1.52. The molecule has 0 aliphatic carbocycles. The molecule has 0 radical (unpaired) electrons. The molecule has 21 heavy (non-hydrogen) atoms. The predicted molar refractivity (Wildman–Crippen MR) is 67.6 cm³/mol. The van der Waals surface area contributed by atoms with Gasteiger partial charge in [-0.15, -0.1) is 0 Å². The summed E-state index contributed by atoms with van der Waals surface area (Å²) in [5.74, 6) is -2.02. The maximum atomic E-state index is 12.2. The maximum Gasteiger partial charge on any atom is 0.406 e. The Balaban J connectivity index is 4.76. The summed E-state index contributed by atoms with van der Waals surface area (Å²) in [6, 6.07) is -2.79. The van der Waals surface area contributed by atoms with Crippen LogP contribution in [0.5, 0.6) is 0 Å². The first-order valence-electron chi connectivity index (χ1n) is 5.88. The summed E-state index contributed by atoms with van der Waals surface area (Å²) in [6.45, 7) is -0.491. The van der Waals surface area contributed by atoms with Crippen molar-refractivity contribution >= 4 is 21.8 Å². The highest BCUT2D eigenvalue weighted by atomic mass is 32.2. The van der Waals surface area contributed by atoms with Gasteiger partial charge in [-0.2, -0.15) is 13.2 Å². The number of nitrogens with one attached hydrogen (secondary N) is 1. The van der Waals surface area contributed by atoms with Crippen LogP contribution >= 0.6 is 0 Å². The lowest BCUT2D eigenvalue weighted by atomic mass is 10.2. The van der Waals surface area contributed by atoms with Gasteiger partial charge in [0.05, 0.1) is 5.75 Å². The number of sulfone groups is 1. The SMILES string of the molecule is CCN(CC(F)(F)F)C(=O)NC(CCS(C)(=O)=O)C(=O)O. The average Bonchev–Trinajstić information content (AvgIpc) is 2.28. The second-order valence-corrected chi connectivity index (χ2v) is 6.65. The van der Waals surface area contributed by atoms with Gasteiger partial charge in [-0.25, -0.2) is 18.0 Å². The van der Waals surface area contributed by atoms with Crippen LogP contribution in [-0.4, -0.2) is 67.7 Å². The highest BCUT2D eigenvalue weighted by Gasteiger charge is 2.33. The fourth-order valence-corrected chi connectivity index (χ4v) is 2.04. The van der Waals surface area contributed by atoms with Crippen LogP contribution in [0, 0.1) is 0 Å².